The van der Waals surface area contributed by atoms with E-state index in [-0.39, 0.29) is 139 Å². The van der Waals surface area contributed by atoms with Gasteiger partial charge in [-0.25, -0.2) is 0 Å². The van der Waals surface area contributed by atoms with Gasteiger partial charge in [0.1, 0.15) is 8.07 Å². The molecule has 0 spiro atoms. The number of nitrogens with one attached hydrogen (secondary N) is 2. The molecule has 7 aromatic carbocycles. The number of allylic oxidation sites excluding steroid dienone is 6. The number of carbonyl (C=O) groups is 2. The highest BCUT2D eigenvalue weighted by atomic mass is 28.3. The highest BCUT2D eigenvalue weighted by molar-refractivity contribution is 6.98. The number of hydrogen-bond donors (Lipinski definition) is 6. The number of ether oxygens (including phenoxy) is 8. The van der Waals surface area contributed by atoms with Gasteiger partial charge in [-0.2, -0.15) is 26.3 Å². The molecule has 0 fully saturated rings. The number of benzene rings is 7. The summed E-state index contributed by atoms with van der Waals surface area (Å²) in [7, 11) is -2.93. The van der Waals surface area contributed by atoms with E-state index < -0.39 is 45.8 Å². The lowest BCUT2D eigenvalue weighted by Crippen LogP contribution is -2.49. The molecular formula is C85H103B2F6N5O14Si. The van der Waals surface area contributed by atoms with E-state index in [4.69, 9.17) is 37.9 Å². The number of amides is 1. The van der Waals surface area contributed by atoms with E-state index in [1.165, 1.54) is 10.4 Å². The standard InChI is InChI=1S/C85H103B2F6N5O14Si/c1-57(2)79(99)15-12-31-105-35-39-109-43-45-111-42-38-108-34-30-98(54-63-48-65(85(91,92)93)20-27-78(63)87(103)104)56-76-69-14-11-10-13-68(69)75(55-97(53-62-47-64(84(88,89)90)19-26-77(62)86(101)102)29-33-107-37-41-112-46-44-110-40-36-106-32-28-96-83(100)58(3)4)70-23-18-61(50-74(70)76)60-17-16-59(5)73(49-60)82-71-24-21-66(94-6)51-80(71)113(8,9)81-52-67(95-7)22-25-72(81)82/h10-11,13-14,16-27,47-52,94,101-104H,1,3,12,15,28-46,53-56H2,2,4-9H3,(H,96,100). The first-order valence-corrected chi connectivity index (χ1v) is 40.9. The van der Waals surface area contributed by atoms with E-state index in [2.05, 4.69) is 103 Å². The molecule has 1 amide bonds. The van der Waals surface area contributed by atoms with Gasteiger partial charge in [0, 0.05) is 84.2 Å². The summed E-state index contributed by atoms with van der Waals surface area (Å²) in [6, 6.07) is 32.3. The van der Waals surface area contributed by atoms with Gasteiger partial charge in [0.2, 0.25) is 5.91 Å². The zero-order valence-corrected chi connectivity index (χ0v) is 66.4. The number of carbonyl (C=O) groups excluding carboxylic acids is 2. The lowest BCUT2D eigenvalue weighted by molar-refractivity contribution is -0.138. The Morgan fingerprint density at radius 1 is 0.540 bits per heavy atom. The molecule has 604 valence electrons. The second-order valence-corrected chi connectivity index (χ2v) is 32.8. The van der Waals surface area contributed by atoms with Crippen molar-refractivity contribution in [2.45, 2.75) is 85.2 Å². The van der Waals surface area contributed by atoms with Gasteiger partial charge in [0.25, 0.3) is 0 Å². The van der Waals surface area contributed by atoms with Crippen LogP contribution in [0, 0.1) is 6.92 Å². The molecule has 0 saturated heterocycles. The van der Waals surface area contributed by atoms with Crippen molar-refractivity contribution in [3.63, 3.8) is 0 Å². The van der Waals surface area contributed by atoms with Gasteiger partial charge < -0.3 is 68.6 Å². The fraction of sp³-hybridized carbons (Fsp3) is 0.400. The summed E-state index contributed by atoms with van der Waals surface area (Å²) in [5.74, 6) is -0.251. The molecule has 1 heterocycles. The zero-order chi connectivity index (χ0) is 81.4. The van der Waals surface area contributed by atoms with Crippen LogP contribution in [0.4, 0.5) is 32.0 Å². The third-order valence-corrected chi connectivity index (χ3v) is 23.5. The van der Waals surface area contributed by atoms with E-state index in [1.807, 2.05) is 59.3 Å². The van der Waals surface area contributed by atoms with Crippen molar-refractivity contribution in [2.75, 3.05) is 145 Å². The molecule has 19 nitrogen and oxygen atoms in total. The summed E-state index contributed by atoms with van der Waals surface area (Å²) in [6.07, 6.45) is -2.20. The topological polar surface area (TPSA) is 232 Å². The number of hydrogen-bond acceptors (Lipinski definition) is 18. The van der Waals surface area contributed by atoms with Gasteiger partial charge in [-0.05, 0) is 185 Å². The van der Waals surface area contributed by atoms with E-state index in [0.717, 1.165) is 119 Å². The first-order valence-electron chi connectivity index (χ1n) is 37.9. The maximum absolute atomic E-state index is 14.7. The summed E-state index contributed by atoms with van der Waals surface area (Å²) >= 11 is 0. The van der Waals surface area contributed by atoms with Crippen LogP contribution in [0.1, 0.15) is 76.8 Å². The quantitative estimate of drug-likeness (QED) is 0.00685. The number of nitrogens with zero attached hydrogens (tertiary/aromatic N) is 3. The van der Waals surface area contributed by atoms with Crippen molar-refractivity contribution in [2.24, 2.45) is 4.99 Å². The van der Waals surface area contributed by atoms with Crippen molar-refractivity contribution in [1.82, 2.24) is 15.1 Å². The smallest absolute Gasteiger partial charge is 0.423 e. The molecule has 6 N–H and O–H groups in total. The van der Waals surface area contributed by atoms with Gasteiger partial charge in [0.05, 0.1) is 116 Å². The lowest BCUT2D eigenvalue weighted by Gasteiger charge is -2.38. The molecule has 1 aliphatic carbocycles. The summed E-state index contributed by atoms with van der Waals surface area (Å²) in [6.45, 7) is 21.4. The Bertz CT molecular complexity index is 4590. The van der Waals surface area contributed by atoms with Crippen LogP contribution < -0.4 is 26.7 Å². The van der Waals surface area contributed by atoms with Gasteiger partial charge >= 0.3 is 26.6 Å². The number of rotatable bonds is 46. The lowest BCUT2D eigenvalue weighted by atomic mass is 9.76. The molecular weight excluding hydrogens is 1480 g/mol. The fourth-order valence-electron chi connectivity index (χ4n) is 13.9. The van der Waals surface area contributed by atoms with Crippen LogP contribution >= 0.6 is 0 Å². The highest BCUT2D eigenvalue weighted by Gasteiger charge is 2.41. The minimum absolute atomic E-state index is 0.00127. The largest absolute Gasteiger partial charge is 0.488 e. The molecule has 0 atom stereocenters. The monoisotopic (exact) mass is 1580 g/mol. The molecule has 0 unspecified atom stereocenters. The third kappa shape index (κ3) is 24.6. The molecule has 0 radical (unpaired) electrons. The number of alkyl halides is 6. The van der Waals surface area contributed by atoms with Crippen molar-refractivity contribution >= 4 is 88.6 Å². The molecule has 9 rings (SSSR count). The number of Topliss-reactive ketones (excluding diaryl/α,β-unsaturated/α-hetero) is 1. The molecule has 1 aliphatic heterocycles. The molecule has 2 aliphatic rings. The second-order valence-electron chi connectivity index (χ2n) is 28.5. The first kappa shape index (κ1) is 88.7. The molecule has 0 bridgehead atoms. The Labute approximate surface area is 659 Å². The first-order chi connectivity index (χ1) is 54.1. The summed E-state index contributed by atoms with van der Waals surface area (Å²) in [5, 5.41) is 54.5. The fourth-order valence-corrected chi connectivity index (χ4v) is 17.0. The predicted octanol–water partition coefficient (Wildman–Crippen LogP) is 11.0. The van der Waals surface area contributed by atoms with E-state index in [1.54, 1.807) is 20.9 Å². The Morgan fingerprint density at radius 3 is 1.50 bits per heavy atom. The van der Waals surface area contributed by atoms with Crippen LogP contribution in [0.25, 0.3) is 38.2 Å². The zero-order valence-electron chi connectivity index (χ0n) is 65.4. The molecule has 0 aromatic heterocycles. The van der Waals surface area contributed by atoms with Gasteiger partial charge in [0.15, 0.2) is 5.78 Å². The van der Waals surface area contributed by atoms with Crippen molar-refractivity contribution in [1.29, 1.82) is 0 Å². The van der Waals surface area contributed by atoms with E-state index in [0.29, 0.717) is 70.2 Å². The number of aliphatic imine (C=N–C) groups is 1. The minimum atomic E-state index is -4.79. The van der Waals surface area contributed by atoms with Crippen molar-refractivity contribution < 1.29 is 93.9 Å². The predicted molar refractivity (Wildman–Crippen MR) is 436 cm³/mol. The molecule has 28 heteroatoms. The third-order valence-electron chi connectivity index (χ3n) is 20.0. The van der Waals surface area contributed by atoms with Crippen LogP contribution in [0.3, 0.4) is 0 Å². The number of anilines is 1. The second kappa shape index (κ2) is 42.4. The van der Waals surface area contributed by atoms with E-state index in [9.17, 15) is 56.0 Å². The Hall–Kier alpha value is -8.26. The van der Waals surface area contributed by atoms with Crippen LogP contribution in [-0.4, -0.2) is 209 Å². The number of halogens is 6. The molecule has 113 heavy (non-hydrogen) atoms. The number of fused-ring (bicyclic) bond motifs is 4. The summed E-state index contributed by atoms with van der Waals surface area (Å²) < 4.78 is 135. The number of ketones is 1. The summed E-state index contributed by atoms with van der Waals surface area (Å²) in [4.78, 5) is 32.0. The Kier molecular flexibility index (Phi) is 33.3. The van der Waals surface area contributed by atoms with E-state index >= 15 is 0 Å². The normalized spacial score (nSPS) is 13.8. The van der Waals surface area contributed by atoms with Gasteiger partial charge in [-0.1, -0.05) is 111 Å². The molecule has 7 aromatic rings. The maximum Gasteiger partial charge on any atom is 0.488 e. The average molecular weight is 1580 g/mol. The Morgan fingerprint density at radius 2 is 1.02 bits per heavy atom. The van der Waals surface area contributed by atoms with Crippen molar-refractivity contribution in [3.8, 4) is 11.1 Å². The van der Waals surface area contributed by atoms with Crippen LogP contribution in [0.5, 0.6) is 0 Å². The van der Waals surface area contributed by atoms with Crippen molar-refractivity contribution in [3.05, 3.63) is 219 Å². The van der Waals surface area contributed by atoms with Gasteiger partial charge in [-0.3, -0.25) is 24.4 Å². The highest BCUT2D eigenvalue weighted by Crippen LogP contribution is 2.45. The average Bonchev–Trinajstić information content (AvgIpc) is 0.715. The Balaban J connectivity index is 1.09. The van der Waals surface area contributed by atoms with Crippen LogP contribution in [0.15, 0.2) is 174 Å². The minimum Gasteiger partial charge on any atom is -0.423 e. The van der Waals surface area contributed by atoms with Crippen LogP contribution in [-0.2, 0) is 86.0 Å². The number of aryl methyl sites for hydroxylation is 1. The summed E-state index contributed by atoms with van der Waals surface area (Å²) in [5.41, 5.74) is 9.05. The van der Waals surface area contributed by atoms with Gasteiger partial charge in [-0.15, -0.1) is 0 Å². The maximum atomic E-state index is 14.7. The SMILES string of the molecule is C=C(C)C(=O)CCCOCCOCCOCCOCCN(Cc1cc(C(F)(F)F)ccc1B(O)O)Cc1c2ccccc2c(CN(CCOCCOCCOCCOCCNC(=O)C(=C)C)Cc2cc(C(F)(F)F)ccc2B(O)O)c2ccc(-c3ccc(C)c(C4=C5C=CC(=NC)C=C5[Si](C)(C)c5cc(NC)ccc54)c3)cc12. The molecule has 0 saturated carbocycles. The van der Waals surface area contributed by atoms with Crippen LogP contribution in [0.2, 0.25) is 13.1 Å².